The molecule has 0 radical (unpaired) electrons. The first kappa shape index (κ1) is 22.6. The van der Waals surface area contributed by atoms with Crippen molar-refractivity contribution in [3.8, 4) is 22.5 Å². The van der Waals surface area contributed by atoms with Gasteiger partial charge in [-0.3, -0.25) is 9.69 Å². The van der Waals surface area contributed by atoms with Crippen molar-refractivity contribution in [1.29, 1.82) is 0 Å². The number of fused-ring (bicyclic) bond motifs is 1. The summed E-state index contributed by atoms with van der Waals surface area (Å²) in [6.07, 6.45) is 3.61. The summed E-state index contributed by atoms with van der Waals surface area (Å²) in [7, 11) is 0. The highest BCUT2D eigenvalue weighted by atomic mass is 16.2. The van der Waals surface area contributed by atoms with Crippen molar-refractivity contribution >= 4 is 16.9 Å². The summed E-state index contributed by atoms with van der Waals surface area (Å²) in [5.74, 6) is 0.0626. The molecule has 0 saturated carbocycles. The average molecular weight is 475 g/mol. The molecule has 0 N–H and O–H groups in total. The largest absolute Gasteiger partial charge is 0.339 e. The van der Waals surface area contributed by atoms with E-state index >= 15 is 0 Å². The van der Waals surface area contributed by atoms with E-state index in [1.54, 1.807) is 0 Å². The highest BCUT2D eigenvalue weighted by Crippen LogP contribution is 2.41. The molecule has 2 fully saturated rings. The van der Waals surface area contributed by atoms with Crippen LogP contribution in [0.4, 0.5) is 0 Å². The molecule has 0 unspecified atom stereocenters. The maximum atomic E-state index is 11.9. The van der Waals surface area contributed by atoms with Crippen LogP contribution in [0.5, 0.6) is 0 Å². The van der Waals surface area contributed by atoms with E-state index in [1.165, 1.54) is 11.6 Å². The second kappa shape index (κ2) is 9.32. The number of amides is 1. The molecule has 2 aliphatic heterocycles. The third-order valence-electron chi connectivity index (χ3n) is 7.68. The second-order valence-corrected chi connectivity index (χ2v) is 10.1. The maximum Gasteiger partial charge on any atom is 0.245 e. The molecule has 4 aromatic rings. The van der Waals surface area contributed by atoms with Gasteiger partial charge in [-0.15, -0.1) is 0 Å². The van der Waals surface area contributed by atoms with E-state index in [0.29, 0.717) is 5.41 Å². The predicted molar refractivity (Wildman–Crippen MR) is 144 cm³/mol. The summed E-state index contributed by atoms with van der Waals surface area (Å²) in [4.78, 5) is 26.3. The molecule has 180 valence electrons. The van der Waals surface area contributed by atoms with E-state index in [1.807, 2.05) is 47.4 Å². The van der Waals surface area contributed by atoms with Gasteiger partial charge < -0.3 is 4.90 Å². The zero-order valence-corrected chi connectivity index (χ0v) is 20.4. The van der Waals surface area contributed by atoms with Crippen LogP contribution in [0.1, 0.15) is 18.4 Å². The molecule has 2 aliphatic rings. The fraction of sp³-hybridized carbons (Fsp3) is 0.258. The Balaban J connectivity index is 1.17. The van der Waals surface area contributed by atoms with Gasteiger partial charge >= 0.3 is 0 Å². The van der Waals surface area contributed by atoms with E-state index in [0.717, 1.165) is 79.1 Å². The van der Waals surface area contributed by atoms with Gasteiger partial charge in [0.1, 0.15) is 0 Å². The van der Waals surface area contributed by atoms with E-state index in [4.69, 9.17) is 9.97 Å². The summed E-state index contributed by atoms with van der Waals surface area (Å²) in [5.41, 5.74) is 7.47. The van der Waals surface area contributed by atoms with Crippen molar-refractivity contribution in [3.63, 3.8) is 0 Å². The van der Waals surface area contributed by atoms with Crippen LogP contribution in [-0.2, 0) is 11.3 Å². The first-order valence-electron chi connectivity index (χ1n) is 12.7. The van der Waals surface area contributed by atoms with E-state index < -0.39 is 0 Å². The second-order valence-electron chi connectivity index (χ2n) is 10.1. The SMILES string of the molecule is C=CC(=O)N1CCC2(CC1)CN(Cc1ccc(-c3nc4ccccc4nc3-c3ccccc3)cc1)C2. The lowest BCUT2D eigenvalue weighted by molar-refractivity contribution is -0.131. The zero-order chi connectivity index (χ0) is 24.5. The van der Waals surface area contributed by atoms with Gasteiger partial charge in [-0.1, -0.05) is 73.3 Å². The number of likely N-dealkylation sites (tertiary alicyclic amines) is 2. The fourth-order valence-electron chi connectivity index (χ4n) is 5.69. The normalized spacial score (nSPS) is 17.2. The highest BCUT2D eigenvalue weighted by molar-refractivity contribution is 5.87. The third-order valence-corrected chi connectivity index (χ3v) is 7.68. The smallest absolute Gasteiger partial charge is 0.245 e. The summed E-state index contributed by atoms with van der Waals surface area (Å²) >= 11 is 0. The standard InChI is InChI=1S/C31H30N4O/c1-2-28(36)35-18-16-31(17-19-35)21-34(22-31)20-23-12-14-25(15-13-23)30-29(24-8-4-3-5-9-24)32-26-10-6-7-11-27(26)33-30/h2-15H,1,16-22H2. The maximum absolute atomic E-state index is 11.9. The van der Waals surface area contributed by atoms with Crippen molar-refractivity contribution in [2.45, 2.75) is 19.4 Å². The lowest BCUT2D eigenvalue weighted by atomic mass is 9.72. The van der Waals surface area contributed by atoms with Gasteiger partial charge in [0.05, 0.1) is 22.4 Å². The van der Waals surface area contributed by atoms with Gasteiger partial charge in [0.2, 0.25) is 5.91 Å². The van der Waals surface area contributed by atoms with E-state index in [-0.39, 0.29) is 5.91 Å². The zero-order valence-electron chi connectivity index (χ0n) is 20.4. The number of hydrogen-bond acceptors (Lipinski definition) is 4. The molecule has 0 atom stereocenters. The van der Waals surface area contributed by atoms with Gasteiger partial charge in [0.15, 0.2) is 0 Å². The summed E-state index contributed by atoms with van der Waals surface area (Å²) in [6.45, 7) is 8.49. The van der Waals surface area contributed by atoms with E-state index in [2.05, 4.69) is 47.9 Å². The number of aromatic nitrogens is 2. The van der Waals surface area contributed by atoms with Crippen molar-refractivity contribution in [3.05, 3.63) is 97.1 Å². The van der Waals surface area contributed by atoms with Crippen LogP contribution in [0.25, 0.3) is 33.5 Å². The molecular formula is C31H30N4O. The Bertz CT molecular complexity index is 1400. The minimum absolute atomic E-state index is 0.0626. The third kappa shape index (κ3) is 4.31. The van der Waals surface area contributed by atoms with Crippen molar-refractivity contribution in [2.75, 3.05) is 26.2 Å². The number of rotatable bonds is 5. The minimum atomic E-state index is 0.0626. The Morgan fingerprint density at radius 2 is 1.36 bits per heavy atom. The minimum Gasteiger partial charge on any atom is -0.339 e. The Morgan fingerprint density at radius 1 is 0.806 bits per heavy atom. The highest BCUT2D eigenvalue weighted by Gasteiger charge is 2.44. The molecule has 2 saturated heterocycles. The molecule has 1 spiro atoms. The van der Waals surface area contributed by atoms with Crippen LogP contribution in [0.15, 0.2) is 91.5 Å². The quantitative estimate of drug-likeness (QED) is 0.355. The first-order valence-corrected chi connectivity index (χ1v) is 12.7. The lowest BCUT2D eigenvalue weighted by Gasteiger charge is -2.54. The molecule has 1 amide bonds. The van der Waals surface area contributed by atoms with Crippen LogP contribution < -0.4 is 0 Å². The van der Waals surface area contributed by atoms with Gasteiger partial charge in [-0.25, -0.2) is 9.97 Å². The van der Waals surface area contributed by atoms with Crippen LogP contribution in [0.3, 0.4) is 0 Å². The summed E-state index contributed by atoms with van der Waals surface area (Å²) in [6, 6.07) is 27.1. The first-order chi connectivity index (χ1) is 17.6. The fourth-order valence-corrected chi connectivity index (χ4v) is 5.69. The Hall–Kier alpha value is -3.83. The molecule has 6 rings (SSSR count). The molecule has 0 aliphatic carbocycles. The lowest BCUT2D eigenvalue weighted by Crippen LogP contribution is -2.60. The molecule has 0 bridgehead atoms. The number of carbonyl (C=O) groups is 1. The van der Waals surface area contributed by atoms with Gasteiger partial charge in [-0.2, -0.15) is 0 Å². The monoisotopic (exact) mass is 474 g/mol. The predicted octanol–water partition coefficient (Wildman–Crippen LogP) is 5.57. The Labute approximate surface area is 212 Å². The summed E-state index contributed by atoms with van der Waals surface area (Å²) in [5, 5.41) is 0. The molecule has 5 nitrogen and oxygen atoms in total. The number of carbonyl (C=O) groups excluding carboxylic acids is 1. The number of para-hydroxylation sites is 2. The molecule has 3 heterocycles. The number of hydrogen-bond donors (Lipinski definition) is 0. The number of benzene rings is 3. The Morgan fingerprint density at radius 3 is 1.94 bits per heavy atom. The molecule has 1 aromatic heterocycles. The molecule has 5 heteroatoms. The molecular weight excluding hydrogens is 444 g/mol. The van der Waals surface area contributed by atoms with E-state index in [9.17, 15) is 4.79 Å². The van der Waals surface area contributed by atoms with Gasteiger partial charge in [0.25, 0.3) is 0 Å². The van der Waals surface area contributed by atoms with Gasteiger partial charge in [-0.05, 0) is 42.0 Å². The number of nitrogens with zero attached hydrogens (tertiary/aromatic N) is 4. The van der Waals surface area contributed by atoms with Crippen LogP contribution >= 0.6 is 0 Å². The van der Waals surface area contributed by atoms with Crippen LogP contribution in [0.2, 0.25) is 0 Å². The van der Waals surface area contributed by atoms with Crippen molar-refractivity contribution < 1.29 is 4.79 Å². The average Bonchev–Trinajstić information content (AvgIpc) is 2.92. The topological polar surface area (TPSA) is 49.3 Å². The van der Waals surface area contributed by atoms with Crippen LogP contribution in [-0.4, -0.2) is 51.9 Å². The number of piperidine rings is 1. The van der Waals surface area contributed by atoms with Gasteiger partial charge in [0, 0.05) is 43.9 Å². The van der Waals surface area contributed by atoms with Crippen LogP contribution in [0, 0.1) is 5.41 Å². The Kier molecular flexibility index (Phi) is 5.86. The molecule has 36 heavy (non-hydrogen) atoms. The van der Waals surface area contributed by atoms with Crippen molar-refractivity contribution in [2.24, 2.45) is 5.41 Å². The summed E-state index contributed by atoms with van der Waals surface area (Å²) < 4.78 is 0. The van der Waals surface area contributed by atoms with Crippen molar-refractivity contribution in [1.82, 2.24) is 19.8 Å². The molecule has 3 aromatic carbocycles.